The summed E-state index contributed by atoms with van der Waals surface area (Å²) < 4.78 is 47.7. The Balaban J connectivity index is 1.70. The number of hydrogen-bond donors (Lipinski definition) is 3. The first kappa shape index (κ1) is 29.7. The van der Waals surface area contributed by atoms with E-state index in [1.807, 2.05) is 7.05 Å². The molecule has 0 spiro atoms. The number of amides is 2. The van der Waals surface area contributed by atoms with Crippen LogP contribution in [0.15, 0.2) is 18.2 Å². The lowest BCUT2D eigenvalue weighted by Crippen LogP contribution is -2.54. The zero-order valence-corrected chi connectivity index (χ0v) is 22.3. The van der Waals surface area contributed by atoms with Crippen LogP contribution in [-0.2, 0) is 10.3 Å². The van der Waals surface area contributed by atoms with E-state index in [0.717, 1.165) is 37.5 Å². The first-order valence-corrected chi connectivity index (χ1v) is 13.8. The SMILES string of the molecule is CNCC(CC1CCC(F)CC1)NC(=O)N1CCC[C@@H]([C@@](O)(CCCCOC)c2cc(F)ccc2F)C1. The van der Waals surface area contributed by atoms with Gasteiger partial charge in [-0.25, -0.2) is 18.0 Å². The zero-order chi connectivity index (χ0) is 26.8. The lowest BCUT2D eigenvalue weighted by molar-refractivity contribution is -0.0590. The molecule has 9 heteroatoms. The number of aliphatic hydroxyl groups is 1. The molecule has 0 radical (unpaired) electrons. The monoisotopic (exact) mass is 527 g/mol. The number of unbranched alkanes of at least 4 members (excludes halogenated alkanes) is 1. The number of rotatable bonds is 12. The van der Waals surface area contributed by atoms with Crippen molar-refractivity contribution in [1.82, 2.24) is 15.5 Å². The second-order valence-corrected chi connectivity index (χ2v) is 10.8. The lowest BCUT2D eigenvalue weighted by Gasteiger charge is -2.43. The third-order valence-corrected chi connectivity index (χ3v) is 8.11. The molecule has 1 aromatic carbocycles. The van der Waals surface area contributed by atoms with Gasteiger partial charge in [-0.3, -0.25) is 0 Å². The molecular formula is C28H44F3N3O3. The molecule has 3 N–H and O–H groups in total. The minimum atomic E-state index is -1.60. The van der Waals surface area contributed by atoms with Crippen LogP contribution in [-0.4, -0.2) is 68.6 Å². The number of carbonyl (C=O) groups is 1. The maximum absolute atomic E-state index is 14.9. The van der Waals surface area contributed by atoms with Gasteiger partial charge < -0.3 is 25.4 Å². The summed E-state index contributed by atoms with van der Waals surface area (Å²) in [7, 11) is 3.44. The molecule has 1 saturated carbocycles. The summed E-state index contributed by atoms with van der Waals surface area (Å²) >= 11 is 0. The van der Waals surface area contributed by atoms with Crippen molar-refractivity contribution >= 4 is 6.03 Å². The minimum absolute atomic E-state index is 0.0475. The van der Waals surface area contributed by atoms with E-state index < -0.39 is 29.3 Å². The molecule has 2 amide bonds. The third kappa shape index (κ3) is 8.32. The molecule has 37 heavy (non-hydrogen) atoms. The van der Waals surface area contributed by atoms with Crippen LogP contribution in [0.4, 0.5) is 18.0 Å². The summed E-state index contributed by atoms with van der Waals surface area (Å²) in [6.45, 7) is 1.91. The number of hydrogen-bond acceptors (Lipinski definition) is 4. The van der Waals surface area contributed by atoms with E-state index in [4.69, 9.17) is 4.74 Å². The second-order valence-electron chi connectivity index (χ2n) is 10.8. The van der Waals surface area contributed by atoms with Crippen LogP contribution in [0.25, 0.3) is 0 Å². The van der Waals surface area contributed by atoms with E-state index in [1.54, 1.807) is 12.0 Å². The molecule has 1 aliphatic carbocycles. The van der Waals surface area contributed by atoms with E-state index in [0.29, 0.717) is 64.1 Å². The predicted molar refractivity (Wildman–Crippen MR) is 138 cm³/mol. The number of piperidine rings is 1. The van der Waals surface area contributed by atoms with E-state index in [2.05, 4.69) is 10.6 Å². The molecule has 1 unspecified atom stereocenters. The van der Waals surface area contributed by atoms with Gasteiger partial charge in [0.1, 0.15) is 17.8 Å². The Morgan fingerprint density at radius 2 is 1.97 bits per heavy atom. The number of alkyl halides is 1. The van der Waals surface area contributed by atoms with Crippen molar-refractivity contribution in [2.75, 3.05) is 40.4 Å². The number of ether oxygens (including phenoxy) is 1. The van der Waals surface area contributed by atoms with Crippen LogP contribution < -0.4 is 10.6 Å². The number of benzene rings is 1. The van der Waals surface area contributed by atoms with Gasteiger partial charge in [-0.1, -0.05) is 0 Å². The topological polar surface area (TPSA) is 73.8 Å². The van der Waals surface area contributed by atoms with Crippen LogP contribution in [0.3, 0.4) is 0 Å². The summed E-state index contributed by atoms with van der Waals surface area (Å²) in [6, 6.07) is 2.88. The number of carbonyl (C=O) groups excluding carboxylic acids is 1. The molecule has 1 aromatic rings. The molecule has 2 aliphatic rings. The molecule has 1 heterocycles. The smallest absolute Gasteiger partial charge is 0.317 e. The highest BCUT2D eigenvalue weighted by atomic mass is 19.1. The molecule has 210 valence electrons. The van der Waals surface area contributed by atoms with Gasteiger partial charge in [0.15, 0.2) is 0 Å². The number of likely N-dealkylation sites (tertiary alicyclic amines) is 1. The molecule has 1 saturated heterocycles. The molecule has 1 aliphatic heterocycles. The quantitative estimate of drug-likeness (QED) is 0.338. The fourth-order valence-electron chi connectivity index (χ4n) is 6.05. The highest BCUT2D eigenvalue weighted by Crippen LogP contribution is 2.41. The molecule has 0 bridgehead atoms. The van der Waals surface area contributed by atoms with E-state index in [1.165, 1.54) is 0 Å². The number of likely N-dealkylation sites (N-methyl/N-ethyl adjacent to an activating group) is 1. The van der Waals surface area contributed by atoms with Crippen LogP contribution in [0.5, 0.6) is 0 Å². The van der Waals surface area contributed by atoms with Crippen molar-refractivity contribution in [2.24, 2.45) is 11.8 Å². The van der Waals surface area contributed by atoms with Gasteiger partial charge in [0.25, 0.3) is 0 Å². The van der Waals surface area contributed by atoms with E-state index >= 15 is 0 Å². The van der Waals surface area contributed by atoms with Crippen molar-refractivity contribution in [1.29, 1.82) is 0 Å². The second kappa shape index (κ2) is 14.4. The average Bonchev–Trinajstić information content (AvgIpc) is 2.89. The number of nitrogens with one attached hydrogen (secondary N) is 2. The first-order valence-electron chi connectivity index (χ1n) is 13.8. The Morgan fingerprint density at radius 3 is 2.68 bits per heavy atom. The maximum atomic E-state index is 14.9. The molecule has 3 atom stereocenters. The van der Waals surface area contributed by atoms with Gasteiger partial charge in [-0.15, -0.1) is 0 Å². The first-order chi connectivity index (χ1) is 17.8. The maximum Gasteiger partial charge on any atom is 0.317 e. The Bertz CT molecular complexity index is 853. The zero-order valence-electron chi connectivity index (χ0n) is 22.3. The summed E-state index contributed by atoms with van der Waals surface area (Å²) in [5, 5.41) is 18.1. The van der Waals surface area contributed by atoms with Crippen LogP contribution >= 0.6 is 0 Å². The van der Waals surface area contributed by atoms with Gasteiger partial charge in [0.05, 0.1) is 5.60 Å². The van der Waals surface area contributed by atoms with Crippen LogP contribution in [0.1, 0.15) is 69.8 Å². The number of halogens is 3. The van der Waals surface area contributed by atoms with Crippen molar-refractivity contribution in [3.63, 3.8) is 0 Å². The Morgan fingerprint density at radius 1 is 1.22 bits per heavy atom. The summed E-state index contributed by atoms with van der Waals surface area (Å²) in [6.07, 6.45) is 5.67. The van der Waals surface area contributed by atoms with Crippen molar-refractivity contribution in [2.45, 2.75) is 82.0 Å². The average molecular weight is 528 g/mol. The van der Waals surface area contributed by atoms with Crippen molar-refractivity contribution in [3.05, 3.63) is 35.4 Å². The van der Waals surface area contributed by atoms with Gasteiger partial charge >= 0.3 is 6.03 Å². The van der Waals surface area contributed by atoms with Gasteiger partial charge in [0.2, 0.25) is 0 Å². The Labute approximate surface area is 219 Å². The van der Waals surface area contributed by atoms with Crippen LogP contribution in [0.2, 0.25) is 0 Å². The van der Waals surface area contributed by atoms with Crippen molar-refractivity contribution in [3.8, 4) is 0 Å². The normalized spacial score (nSPS) is 24.9. The fourth-order valence-corrected chi connectivity index (χ4v) is 6.05. The molecular weight excluding hydrogens is 483 g/mol. The molecule has 0 aromatic heterocycles. The lowest BCUT2D eigenvalue weighted by atomic mass is 9.74. The fraction of sp³-hybridized carbons (Fsp3) is 0.750. The highest BCUT2D eigenvalue weighted by molar-refractivity contribution is 5.74. The summed E-state index contributed by atoms with van der Waals surface area (Å²) in [5.74, 6) is -1.30. The standard InChI is InChI=1S/C28H44F3N3O3/c1-32-18-24(16-20-7-9-22(29)10-8-20)33-27(35)34-14-5-6-21(19-34)28(36,13-3-4-15-37-2)25-17-23(30)11-12-26(25)31/h11-12,17,20-22,24,32,36H,3-10,13-16,18-19H2,1-2H3,(H,33,35)/t20?,21-,22?,24?,28+/m1/s1. The number of nitrogens with zero attached hydrogens (tertiary/aromatic N) is 1. The Kier molecular flexibility index (Phi) is 11.5. The largest absolute Gasteiger partial charge is 0.385 e. The predicted octanol–water partition coefficient (Wildman–Crippen LogP) is 4.90. The molecule has 2 fully saturated rings. The molecule has 3 rings (SSSR count). The van der Waals surface area contributed by atoms with Gasteiger partial charge in [-0.05, 0) is 95.4 Å². The third-order valence-electron chi connectivity index (χ3n) is 8.11. The van der Waals surface area contributed by atoms with Crippen LogP contribution in [0, 0.1) is 23.5 Å². The number of urea groups is 1. The minimum Gasteiger partial charge on any atom is -0.385 e. The summed E-state index contributed by atoms with van der Waals surface area (Å²) in [5.41, 5.74) is -1.65. The van der Waals surface area contributed by atoms with E-state index in [-0.39, 0.29) is 30.6 Å². The summed E-state index contributed by atoms with van der Waals surface area (Å²) in [4.78, 5) is 15.0. The van der Waals surface area contributed by atoms with Crippen molar-refractivity contribution < 1.29 is 27.8 Å². The van der Waals surface area contributed by atoms with Gasteiger partial charge in [0, 0.05) is 50.9 Å². The Hall–Kier alpha value is -1.84. The van der Waals surface area contributed by atoms with E-state index in [9.17, 15) is 23.1 Å². The van der Waals surface area contributed by atoms with Gasteiger partial charge in [-0.2, -0.15) is 0 Å². The molecule has 6 nitrogen and oxygen atoms in total. The number of methoxy groups -OCH3 is 1. The highest BCUT2D eigenvalue weighted by Gasteiger charge is 2.43.